The molecule has 0 saturated carbocycles. The Kier molecular flexibility index (Phi) is 2.39. The van der Waals surface area contributed by atoms with Gasteiger partial charge in [0.1, 0.15) is 5.82 Å². The Morgan fingerprint density at radius 2 is 2.31 bits per heavy atom. The molecule has 1 nitrogen and oxygen atoms in total. The van der Waals surface area contributed by atoms with E-state index in [1.807, 2.05) is 0 Å². The highest BCUT2D eigenvalue weighted by Crippen LogP contribution is 2.31. The summed E-state index contributed by atoms with van der Waals surface area (Å²) in [6.07, 6.45) is 0. The lowest BCUT2D eigenvalue weighted by Gasteiger charge is -2.24. The molecule has 2 rings (SSSR count). The van der Waals surface area contributed by atoms with E-state index in [1.54, 1.807) is 12.1 Å². The average Bonchev–Trinajstić information content (AvgIpc) is 2.02. The number of benzene rings is 1. The summed E-state index contributed by atoms with van der Waals surface area (Å²) in [7, 11) is 0. The summed E-state index contributed by atoms with van der Waals surface area (Å²) in [6.45, 7) is 3.89. The number of rotatable bonds is 0. The fourth-order valence-corrected chi connectivity index (χ4v) is 2.73. The zero-order valence-electron chi connectivity index (χ0n) is 7.40. The van der Waals surface area contributed by atoms with Crippen LogP contribution in [0.15, 0.2) is 16.6 Å². The van der Waals surface area contributed by atoms with Gasteiger partial charge in [0, 0.05) is 17.6 Å². The second-order valence-electron chi connectivity index (χ2n) is 3.49. The minimum absolute atomic E-state index is 0.165. The predicted octanol–water partition coefficient (Wildman–Crippen LogP) is 2.79. The van der Waals surface area contributed by atoms with Crippen LogP contribution < -0.4 is 5.32 Å². The lowest BCUT2D eigenvalue weighted by Crippen LogP contribution is -2.27. The largest absolute Gasteiger partial charge is 0.312 e. The molecule has 1 N–H and O–H groups in total. The van der Waals surface area contributed by atoms with Crippen LogP contribution in [0.25, 0.3) is 0 Å². The summed E-state index contributed by atoms with van der Waals surface area (Å²) in [6, 6.07) is 3.16. The zero-order valence-corrected chi connectivity index (χ0v) is 8.99. The Balaban J connectivity index is 2.56. The highest BCUT2D eigenvalue weighted by Gasteiger charge is 2.19. The van der Waals surface area contributed by atoms with Gasteiger partial charge in [-0.1, -0.05) is 22.9 Å². The van der Waals surface area contributed by atoms with Crippen molar-refractivity contribution in [1.29, 1.82) is 0 Å². The molecule has 0 bridgehead atoms. The number of hydrogen-bond donors (Lipinski definition) is 1. The van der Waals surface area contributed by atoms with Crippen molar-refractivity contribution >= 4 is 15.9 Å². The van der Waals surface area contributed by atoms with Crippen LogP contribution in [0.5, 0.6) is 0 Å². The molecule has 13 heavy (non-hydrogen) atoms. The Morgan fingerprint density at radius 3 is 3.08 bits per heavy atom. The van der Waals surface area contributed by atoms with E-state index in [-0.39, 0.29) is 5.82 Å². The van der Waals surface area contributed by atoms with E-state index >= 15 is 0 Å². The van der Waals surface area contributed by atoms with E-state index in [2.05, 4.69) is 28.2 Å². The first kappa shape index (κ1) is 9.16. The van der Waals surface area contributed by atoms with Crippen molar-refractivity contribution in [3.63, 3.8) is 0 Å². The first-order chi connectivity index (χ1) is 6.18. The molecule has 0 fully saturated rings. The molecule has 1 aromatic carbocycles. The normalized spacial score (nSPS) is 21.3. The minimum Gasteiger partial charge on any atom is -0.312 e. The van der Waals surface area contributed by atoms with Crippen LogP contribution in [0.3, 0.4) is 0 Å². The van der Waals surface area contributed by atoms with E-state index in [9.17, 15) is 4.39 Å². The molecule has 0 saturated heterocycles. The zero-order chi connectivity index (χ0) is 9.42. The van der Waals surface area contributed by atoms with Crippen molar-refractivity contribution in [1.82, 2.24) is 5.32 Å². The maximum atomic E-state index is 13.0. The van der Waals surface area contributed by atoms with Gasteiger partial charge in [-0.2, -0.15) is 0 Å². The molecule has 1 aliphatic rings. The Morgan fingerprint density at radius 1 is 1.54 bits per heavy atom. The Bertz CT molecular complexity index is 338. The van der Waals surface area contributed by atoms with Crippen molar-refractivity contribution in [2.75, 3.05) is 6.54 Å². The van der Waals surface area contributed by atoms with Gasteiger partial charge in [0.15, 0.2) is 0 Å². The highest BCUT2D eigenvalue weighted by molar-refractivity contribution is 9.10. The van der Waals surface area contributed by atoms with Crippen molar-refractivity contribution in [3.8, 4) is 0 Å². The average molecular weight is 244 g/mol. The van der Waals surface area contributed by atoms with E-state index in [0.717, 1.165) is 23.1 Å². The van der Waals surface area contributed by atoms with Crippen LogP contribution in [0.1, 0.15) is 24.0 Å². The second-order valence-corrected chi connectivity index (χ2v) is 4.35. The van der Waals surface area contributed by atoms with Gasteiger partial charge in [-0.3, -0.25) is 0 Å². The fraction of sp³-hybridized carbons (Fsp3) is 0.400. The third kappa shape index (κ3) is 1.63. The molecule has 0 amide bonds. The molecule has 70 valence electrons. The summed E-state index contributed by atoms with van der Waals surface area (Å²) in [5.41, 5.74) is 2.32. The fourth-order valence-electron chi connectivity index (χ4n) is 1.86. The molecular formula is C10H11BrFN. The van der Waals surface area contributed by atoms with Gasteiger partial charge in [-0.15, -0.1) is 0 Å². The molecule has 1 heterocycles. The van der Waals surface area contributed by atoms with Crippen molar-refractivity contribution in [2.45, 2.75) is 19.4 Å². The molecule has 1 aromatic rings. The van der Waals surface area contributed by atoms with Gasteiger partial charge in [0.05, 0.1) is 0 Å². The van der Waals surface area contributed by atoms with Crippen molar-refractivity contribution in [2.24, 2.45) is 0 Å². The molecule has 0 spiro atoms. The summed E-state index contributed by atoms with van der Waals surface area (Å²) in [4.78, 5) is 0. The maximum absolute atomic E-state index is 13.0. The molecule has 1 aliphatic heterocycles. The van der Waals surface area contributed by atoms with Crippen LogP contribution in [0.2, 0.25) is 0 Å². The Labute approximate surface area is 85.5 Å². The first-order valence-electron chi connectivity index (χ1n) is 4.37. The van der Waals surface area contributed by atoms with Gasteiger partial charge in [-0.25, -0.2) is 4.39 Å². The second kappa shape index (κ2) is 3.39. The van der Waals surface area contributed by atoms with E-state index < -0.39 is 0 Å². The summed E-state index contributed by atoms with van der Waals surface area (Å²) in [5, 5.41) is 3.26. The van der Waals surface area contributed by atoms with Crippen molar-refractivity contribution in [3.05, 3.63) is 33.5 Å². The predicted molar refractivity (Wildman–Crippen MR) is 54.2 cm³/mol. The number of halogens is 2. The smallest absolute Gasteiger partial charge is 0.124 e. The molecule has 0 radical (unpaired) electrons. The molecule has 0 aliphatic carbocycles. The van der Waals surface area contributed by atoms with Crippen LogP contribution >= 0.6 is 15.9 Å². The summed E-state index contributed by atoms with van der Waals surface area (Å²) in [5.74, 6) is 0.292. The first-order valence-corrected chi connectivity index (χ1v) is 5.16. The summed E-state index contributed by atoms with van der Waals surface area (Å²) < 4.78 is 13.9. The van der Waals surface area contributed by atoms with E-state index in [0.29, 0.717) is 5.92 Å². The van der Waals surface area contributed by atoms with Gasteiger partial charge in [-0.05, 0) is 29.2 Å². The van der Waals surface area contributed by atoms with Crippen LogP contribution in [0.4, 0.5) is 4.39 Å². The van der Waals surface area contributed by atoms with Crippen LogP contribution in [-0.4, -0.2) is 6.54 Å². The van der Waals surface area contributed by atoms with E-state index in [1.165, 1.54) is 5.56 Å². The summed E-state index contributed by atoms with van der Waals surface area (Å²) >= 11 is 3.41. The molecule has 1 unspecified atom stereocenters. The van der Waals surface area contributed by atoms with Gasteiger partial charge >= 0.3 is 0 Å². The Hall–Kier alpha value is -0.410. The topological polar surface area (TPSA) is 12.0 Å². The monoisotopic (exact) mass is 243 g/mol. The van der Waals surface area contributed by atoms with E-state index in [4.69, 9.17) is 0 Å². The van der Waals surface area contributed by atoms with Gasteiger partial charge < -0.3 is 5.32 Å². The maximum Gasteiger partial charge on any atom is 0.124 e. The third-order valence-corrected chi connectivity index (χ3v) is 3.09. The number of nitrogens with one attached hydrogen (secondary N) is 1. The molecule has 0 aromatic heterocycles. The van der Waals surface area contributed by atoms with Gasteiger partial charge in [0.25, 0.3) is 0 Å². The van der Waals surface area contributed by atoms with Gasteiger partial charge in [0.2, 0.25) is 0 Å². The molecule has 1 atom stereocenters. The minimum atomic E-state index is -0.165. The third-order valence-electron chi connectivity index (χ3n) is 2.44. The lowest BCUT2D eigenvalue weighted by atomic mass is 9.92. The number of hydrogen-bond acceptors (Lipinski definition) is 1. The molecular weight excluding hydrogens is 233 g/mol. The lowest BCUT2D eigenvalue weighted by molar-refractivity contribution is 0.557. The van der Waals surface area contributed by atoms with Crippen molar-refractivity contribution < 1.29 is 4.39 Å². The van der Waals surface area contributed by atoms with Crippen LogP contribution in [0, 0.1) is 5.82 Å². The SMILES string of the molecule is CC1CNCc2cc(F)cc(Br)c21. The number of fused-ring (bicyclic) bond motifs is 1. The standard InChI is InChI=1S/C10H11BrFN/c1-6-4-13-5-7-2-8(12)3-9(11)10(6)7/h2-3,6,13H,4-5H2,1H3. The molecule has 3 heteroatoms. The highest BCUT2D eigenvalue weighted by atomic mass is 79.9. The van der Waals surface area contributed by atoms with Crippen LogP contribution in [-0.2, 0) is 6.54 Å². The quantitative estimate of drug-likeness (QED) is 0.739.